The third-order valence-corrected chi connectivity index (χ3v) is 8.71. The minimum absolute atomic E-state index is 0.0275. The molecule has 0 saturated heterocycles. The molecule has 0 bridgehead atoms. The molecule has 7 nitrogen and oxygen atoms in total. The molecule has 3 rings (SSSR count). The summed E-state index contributed by atoms with van der Waals surface area (Å²) >= 11 is 12.5. The van der Waals surface area contributed by atoms with Crippen molar-refractivity contribution >= 4 is 50.7 Å². The lowest BCUT2D eigenvalue weighted by atomic mass is 10.1. The van der Waals surface area contributed by atoms with E-state index in [1.807, 2.05) is 6.92 Å². The van der Waals surface area contributed by atoms with Crippen LogP contribution in [0, 0.1) is 6.92 Å². The van der Waals surface area contributed by atoms with Crippen LogP contribution in [0.2, 0.25) is 10.0 Å². The highest BCUT2D eigenvalue weighted by molar-refractivity contribution is 7.92. The number of unbranched alkanes of at least 4 members (excludes halogenated alkanes) is 1. The Balaban J connectivity index is 2.03. The van der Waals surface area contributed by atoms with Gasteiger partial charge in [-0.1, -0.05) is 72.9 Å². The molecule has 1 atom stereocenters. The molecular formula is C29H33Cl2N3O4S. The first kappa shape index (κ1) is 30.5. The van der Waals surface area contributed by atoms with E-state index in [2.05, 4.69) is 5.32 Å². The summed E-state index contributed by atoms with van der Waals surface area (Å²) in [6.45, 7) is 5.34. The van der Waals surface area contributed by atoms with Crippen LogP contribution in [0.15, 0.2) is 77.7 Å². The van der Waals surface area contributed by atoms with Crippen LogP contribution in [0.25, 0.3) is 0 Å². The smallest absolute Gasteiger partial charge is 0.264 e. The molecule has 0 unspecified atom stereocenters. The van der Waals surface area contributed by atoms with Gasteiger partial charge in [0.2, 0.25) is 11.8 Å². The van der Waals surface area contributed by atoms with Crippen LogP contribution in [-0.2, 0) is 26.2 Å². The topological polar surface area (TPSA) is 86.8 Å². The number of halogens is 2. The second-order valence-electron chi connectivity index (χ2n) is 9.19. The van der Waals surface area contributed by atoms with Crippen LogP contribution < -0.4 is 9.62 Å². The van der Waals surface area contributed by atoms with E-state index in [-0.39, 0.29) is 17.3 Å². The molecule has 3 aromatic carbocycles. The molecular weight excluding hydrogens is 557 g/mol. The summed E-state index contributed by atoms with van der Waals surface area (Å²) < 4.78 is 28.7. The van der Waals surface area contributed by atoms with Crippen LogP contribution in [0.5, 0.6) is 0 Å². The fraction of sp³-hybridized carbons (Fsp3) is 0.310. The Hall–Kier alpha value is -3.07. The van der Waals surface area contributed by atoms with E-state index in [4.69, 9.17) is 23.2 Å². The molecule has 0 saturated carbocycles. The van der Waals surface area contributed by atoms with Crippen molar-refractivity contribution in [3.63, 3.8) is 0 Å². The lowest BCUT2D eigenvalue weighted by Crippen LogP contribution is -2.51. The lowest BCUT2D eigenvalue weighted by molar-refractivity contribution is -0.139. The Labute approximate surface area is 240 Å². The van der Waals surface area contributed by atoms with Crippen molar-refractivity contribution in [2.45, 2.75) is 51.1 Å². The summed E-state index contributed by atoms with van der Waals surface area (Å²) in [5, 5.41) is 3.75. The fourth-order valence-corrected chi connectivity index (χ4v) is 5.98. The van der Waals surface area contributed by atoms with Crippen molar-refractivity contribution in [1.29, 1.82) is 0 Å². The highest BCUT2D eigenvalue weighted by Crippen LogP contribution is 2.29. The molecule has 3 aromatic rings. The van der Waals surface area contributed by atoms with E-state index in [9.17, 15) is 18.0 Å². The van der Waals surface area contributed by atoms with Crippen molar-refractivity contribution in [1.82, 2.24) is 10.2 Å². The molecule has 39 heavy (non-hydrogen) atoms. The van der Waals surface area contributed by atoms with Gasteiger partial charge in [0, 0.05) is 23.1 Å². The molecule has 0 aliphatic carbocycles. The highest BCUT2D eigenvalue weighted by atomic mass is 35.5. The van der Waals surface area contributed by atoms with E-state index < -0.39 is 28.5 Å². The van der Waals surface area contributed by atoms with Gasteiger partial charge in [-0.15, -0.1) is 0 Å². The van der Waals surface area contributed by atoms with Crippen LogP contribution >= 0.6 is 23.2 Å². The number of nitrogens with zero attached hydrogens (tertiary/aromatic N) is 2. The van der Waals surface area contributed by atoms with Gasteiger partial charge in [0.25, 0.3) is 10.0 Å². The summed E-state index contributed by atoms with van der Waals surface area (Å²) in [6.07, 6.45) is 1.71. The SMILES string of the molecule is CCCCNC(=O)[C@@H](C)N(Cc1ccccc1Cl)C(=O)CN(c1ccc(Cl)cc1C)S(=O)(=O)c1ccccc1. The summed E-state index contributed by atoms with van der Waals surface area (Å²) in [7, 11) is -4.15. The van der Waals surface area contributed by atoms with Gasteiger partial charge >= 0.3 is 0 Å². The Morgan fingerprint density at radius 1 is 0.974 bits per heavy atom. The second kappa shape index (κ2) is 13.8. The molecule has 0 heterocycles. The first-order chi connectivity index (χ1) is 18.6. The zero-order valence-corrected chi connectivity index (χ0v) is 24.6. The maximum absolute atomic E-state index is 13.9. The number of hydrogen-bond donors (Lipinski definition) is 1. The second-order valence-corrected chi connectivity index (χ2v) is 11.9. The normalized spacial score (nSPS) is 12.0. The predicted molar refractivity (Wildman–Crippen MR) is 157 cm³/mol. The maximum Gasteiger partial charge on any atom is 0.264 e. The molecule has 0 aliphatic rings. The van der Waals surface area contributed by atoms with Gasteiger partial charge in [0.1, 0.15) is 12.6 Å². The number of carbonyl (C=O) groups excluding carboxylic acids is 2. The minimum Gasteiger partial charge on any atom is -0.354 e. The van der Waals surface area contributed by atoms with Gasteiger partial charge in [-0.3, -0.25) is 13.9 Å². The van der Waals surface area contributed by atoms with Crippen molar-refractivity contribution < 1.29 is 18.0 Å². The first-order valence-corrected chi connectivity index (χ1v) is 14.9. The molecule has 0 aliphatic heterocycles. The molecule has 0 radical (unpaired) electrons. The summed E-state index contributed by atoms with van der Waals surface area (Å²) in [5.41, 5.74) is 1.54. The fourth-order valence-electron chi connectivity index (χ4n) is 4.06. The van der Waals surface area contributed by atoms with Gasteiger partial charge in [-0.25, -0.2) is 8.42 Å². The summed E-state index contributed by atoms with van der Waals surface area (Å²) in [5.74, 6) is -0.883. The Morgan fingerprint density at radius 3 is 2.28 bits per heavy atom. The predicted octanol–water partition coefficient (Wildman–Crippen LogP) is 5.83. The minimum atomic E-state index is -4.15. The van der Waals surface area contributed by atoms with Crippen molar-refractivity contribution in [2.24, 2.45) is 0 Å². The number of rotatable bonds is 12. The molecule has 0 spiro atoms. The number of benzene rings is 3. The van der Waals surface area contributed by atoms with Crippen molar-refractivity contribution in [3.05, 3.63) is 94.0 Å². The number of hydrogen-bond acceptors (Lipinski definition) is 4. The van der Waals surface area contributed by atoms with E-state index >= 15 is 0 Å². The number of sulfonamides is 1. The van der Waals surface area contributed by atoms with E-state index in [1.54, 1.807) is 74.5 Å². The van der Waals surface area contributed by atoms with E-state index in [1.165, 1.54) is 17.0 Å². The van der Waals surface area contributed by atoms with Crippen molar-refractivity contribution in [2.75, 3.05) is 17.4 Å². The number of nitrogens with one attached hydrogen (secondary N) is 1. The monoisotopic (exact) mass is 589 g/mol. The quantitative estimate of drug-likeness (QED) is 0.269. The Kier molecular flexibility index (Phi) is 10.8. The summed E-state index contributed by atoms with van der Waals surface area (Å²) in [4.78, 5) is 28.4. The van der Waals surface area contributed by atoms with Crippen LogP contribution in [0.1, 0.15) is 37.8 Å². The van der Waals surface area contributed by atoms with Gasteiger partial charge in [-0.2, -0.15) is 0 Å². The number of anilines is 1. The number of aryl methyl sites for hydroxylation is 1. The molecule has 2 amide bonds. The molecule has 0 fully saturated rings. The van der Waals surface area contributed by atoms with Crippen LogP contribution in [0.3, 0.4) is 0 Å². The van der Waals surface area contributed by atoms with Gasteiger partial charge in [0.05, 0.1) is 10.6 Å². The molecule has 0 aromatic heterocycles. The first-order valence-electron chi connectivity index (χ1n) is 12.7. The Bertz CT molecular complexity index is 1400. The van der Waals surface area contributed by atoms with Gasteiger partial charge < -0.3 is 10.2 Å². The lowest BCUT2D eigenvalue weighted by Gasteiger charge is -2.32. The maximum atomic E-state index is 13.9. The largest absolute Gasteiger partial charge is 0.354 e. The molecule has 1 N–H and O–H groups in total. The third-order valence-electron chi connectivity index (χ3n) is 6.33. The number of amides is 2. The van der Waals surface area contributed by atoms with E-state index in [0.717, 1.165) is 17.1 Å². The molecule has 10 heteroatoms. The van der Waals surface area contributed by atoms with Crippen molar-refractivity contribution in [3.8, 4) is 0 Å². The van der Waals surface area contributed by atoms with Crippen LogP contribution in [-0.4, -0.2) is 44.3 Å². The van der Waals surface area contributed by atoms with E-state index in [0.29, 0.717) is 33.4 Å². The molecule has 208 valence electrons. The zero-order valence-electron chi connectivity index (χ0n) is 22.2. The van der Waals surface area contributed by atoms with Crippen LogP contribution in [0.4, 0.5) is 5.69 Å². The Morgan fingerprint density at radius 2 is 1.64 bits per heavy atom. The standard InChI is InChI=1S/C29H33Cl2N3O4S/c1-4-5-17-32-29(36)22(3)33(19-23-11-9-10-14-26(23)31)28(35)20-34(27-16-15-24(30)18-21(27)2)39(37,38)25-12-7-6-8-13-25/h6-16,18,22H,4-5,17,19-20H2,1-3H3,(H,32,36)/t22-/m1/s1. The van der Waals surface area contributed by atoms with Gasteiger partial charge in [-0.05, 0) is 67.8 Å². The average Bonchev–Trinajstić information content (AvgIpc) is 2.91. The highest BCUT2D eigenvalue weighted by Gasteiger charge is 2.33. The van der Waals surface area contributed by atoms with Gasteiger partial charge in [0.15, 0.2) is 0 Å². The third kappa shape index (κ3) is 7.75. The zero-order chi connectivity index (χ0) is 28.6. The average molecular weight is 591 g/mol. The number of carbonyl (C=O) groups is 2. The summed E-state index contributed by atoms with van der Waals surface area (Å²) in [6, 6.07) is 18.9.